The maximum Gasteiger partial charge on any atom is 0.119 e. The van der Waals surface area contributed by atoms with Crippen LogP contribution in [0.4, 0.5) is 0 Å². The molecule has 2 N–H and O–H groups in total. The van der Waals surface area contributed by atoms with Crippen LogP contribution in [-0.4, -0.2) is 24.1 Å². The van der Waals surface area contributed by atoms with Gasteiger partial charge in [0.15, 0.2) is 0 Å². The Labute approximate surface area is 125 Å². The van der Waals surface area contributed by atoms with Crippen molar-refractivity contribution in [2.75, 3.05) is 13.2 Å². The number of hydrogen-bond acceptors (Lipinski definition) is 4. The topological polar surface area (TPSA) is 51.6 Å². The molecular weight excluding hydrogens is 264 g/mol. The van der Waals surface area contributed by atoms with Gasteiger partial charge < -0.3 is 14.9 Å². The molecule has 0 bridgehead atoms. The summed E-state index contributed by atoms with van der Waals surface area (Å²) in [5, 5.41) is 0. The molecule has 1 aromatic heterocycles. The van der Waals surface area contributed by atoms with E-state index in [0.717, 1.165) is 30.2 Å². The van der Waals surface area contributed by atoms with Crippen LogP contribution in [0.3, 0.4) is 0 Å². The second-order valence-electron chi connectivity index (χ2n) is 5.48. The van der Waals surface area contributed by atoms with Crippen LogP contribution in [0.5, 0.6) is 5.75 Å². The molecule has 1 heterocycles. The average molecular weight is 286 g/mol. The Morgan fingerprint density at radius 3 is 2.86 bits per heavy atom. The van der Waals surface area contributed by atoms with Crippen LogP contribution in [-0.2, 0) is 13.1 Å². The van der Waals surface area contributed by atoms with Crippen LogP contribution >= 0.6 is 0 Å². The van der Waals surface area contributed by atoms with Crippen LogP contribution in [0.2, 0.25) is 0 Å². The van der Waals surface area contributed by atoms with Crippen molar-refractivity contribution >= 4 is 0 Å². The maximum absolute atomic E-state index is 5.85. The van der Waals surface area contributed by atoms with E-state index >= 15 is 0 Å². The van der Waals surface area contributed by atoms with Crippen LogP contribution in [0, 0.1) is 0 Å². The highest BCUT2D eigenvalue weighted by molar-refractivity contribution is 5.28. The molecule has 1 aromatic carbocycles. The molecule has 0 aliphatic heterocycles. The van der Waals surface area contributed by atoms with Crippen LogP contribution < -0.4 is 10.5 Å². The molecule has 0 spiro atoms. The molecule has 21 heavy (non-hydrogen) atoms. The van der Waals surface area contributed by atoms with Crippen LogP contribution in [0.15, 0.2) is 47.1 Å². The van der Waals surface area contributed by atoms with Crippen molar-refractivity contribution in [1.29, 1.82) is 0 Å². The normalized spacial score (nSPS) is 14.6. The minimum absolute atomic E-state index is 0.546. The summed E-state index contributed by atoms with van der Waals surface area (Å²) in [7, 11) is 0. The molecule has 0 saturated heterocycles. The molecule has 2 aromatic rings. The SMILES string of the molecule is NCc1cccc(OCCN(Cc2ccco2)C2CC2)c1. The van der Waals surface area contributed by atoms with Gasteiger partial charge in [0.25, 0.3) is 0 Å². The van der Waals surface area contributed by atoms with E-state index in [1.54, 1.807) is 6.26 Å². The number of ether oxygens (including phenoxy) is 1. The van der Waals surface area contributed by atoms with E-state index in [2.05, 4.69) is 4.90 Å². The van der Waals surface area contributed by atoms with Gasteiger partial charge in [0.05, 0.1) is 12.8 Å². The summed E-state index contributed by atoms with van der Waals surface area (Å²) in [5.74, 6) is 1.92. The minimum Gasteiger partial charge on any atom is -0.492 e. The third-order valence-corrected chi connectivity index (χ3v) is 3.78. The van der Waals surface area contributed by atoms with Crippen molar-refractivity contribution in [3.63, 3.8) is 0 Å². The molecule has 112 valence electrons. The van der Waals surface area contributed by atoms with E-state index < -0.39 is 0 Å². The number of nitrogens with zero attached hydrogens (tertiary/aromatic N) is 1. The predicted molar refractivity (Wildman–Crippen MR) is 82.0 cm³/mol. The number of furan rings is 1. The van der Waals surface area contributed by atoms with Gasteiger partial charge in [-0.3, -0.25) is 4.90 Å². The van der Waals surface area contributed by atoms with E-state index in [0.29, 0.717) is 19.2 Å². The van der Waals surface area contributed by atoms with E-state index in [-0.39, 0.29) is 0 Å². The summed E-state index contributed by atoms with van der Waals surface area (Å²) in [6, 6.07) is 12.6. The predicted octanol–water partition coefficient (Wildman–Crippen LogP) is 2.78. The Bertz CT molecular complexity index is 550. The van der Waals surface area contributed by atoms with Gasteiger partial charge in [-0.2, -0.15) is 0 Å². The van der Waals surface area contributed by atoms with Crippen molar-refractivity contribution < 1.29 is 9.15 Å². The Hall–Kier alpha value is -1.78. The molecule has 0 unspecified atom stereocenters. The zero-order chi connectivity index (χ0) is 14.5. The molecule has 4 heteroatoms. The summed E-state index contributed by atoms with van der Waals surface area (Å²) in [6.45, 7) is 3.01. The average Bonchev–Trinajstić information content (AvgIpc) is 3.24. The van der Waals surface area contributed by atoms with Gasteiger partial charge in [0.1, 0.15) is 18.1 Å². The minimum atomic E-state index is 0.546. The number of nitrogens with two attached hydrogens (primary N) is 1. The van der Waals surface area contributed by atoms with E-state index in [9.17, 15) is 0 Å². The van der Waals surface area contributed by atoms with Gasteiger partial charge >= 0.3 is 0 Å². The molecule has 4 nitrogen and oxygen atoms in total. The zero-order valence-corrected chi connectivity index (χ0v) is 12.2. The van der Waals surface area contributed by atoms with Gasteiger partial charge in [0, 0.05) is 19.1 Å². The summed E-state index contributed by atoms with van der Waals surface area (Å²) < 4.78 is 11.3. The van der Waals surface area contributed by atoms with Crippen molar-refractivity contribution in [2.24, 2.45) is 5.73 Å². The molecule has 1 fully saturated rings. The lowest BCUT2D eigenvalue weighted by molar-refractivity contribution is 0.184. The third kappa shape index (κ3) is 4.09. The van der Waals surface area contributed by atoms with Gasteiger partial charge in [0.2, 0.25) is 0 Å². The lowest BCUT2D eigenvalue weighted by Gasteiger charge is -2.20. The Morgan fingerprint density at radius 2 is 2.14 bits per heavy atom. The summed E-state index contributed by atoms with van der Waals surface area (Å²) in [5.41, 5.74) is 6.74. The smallest absolute Gasteiger partial charge is 0.119 e. The van der Waals surface area contributed by atoms with E-state index in [4.69, 9.17) is 14.9 Å². The molecule has 0 radical (unpaired) electrons. The second kappa shape index (κ2) is 6.78. The Kier molecular flexibility index (Phi) is 4.58. The highest BCUT2D eigenvalue weighted by Gasteiger charge is 2.29. The summed E-state index contributed by atoms with van der Waals surface area (Å²) in [6.07, 6.45) is 4.29. The first-order valence-corrected chi connectivity index (χ1v) is 7.53. The molecule has 0 atom stereocenters. The van der Waals surface area contributed by atoms with Crippen molar-refractivity contribution in [3.8, 4) is 5.75 Å². The highest BCUT2D eigenvalue weighted by Crippen LogP contribution is 2.28. The van der Waals surface area contributed by atoms with Gasteiger partial charge in [-0.1, -0.05) is 12.1 Å². The largest absolute Gasteiger partial charge is 0.492 e. The van der Waals surface area contributed by atoms with Gasteiger partial charge in [-0.25, -0.2) is 0 Å². The first-order valence-electron chi connectivity index (χ1n) is 7.53. The monoisotopic (exact) mass is 286 g/mol. The summed E-state index contributed by atoms with van der Waals surface area (Å²) in [4.78, 5) is 2.44. The fourth-order valence-corrected chi connectivity index (χ4v) is 2.48. The van der Waals surface area contributed by atoms with E-state index in [1.807, 2.05) is 36.4 Å². The lowest BCUT2D eigenvalue weighted by atomic mass is 10.2. The number of hydrogen-bond donors (Lipinski definition) is 1. The standard InChI is InChI=1S/C17H22N2O2/c18-12-14-3-1-4-16(11-14)21-10-8-19(15-6-7-15)13-17-5-2-9-20-17/h1-5,9,11,15H,6-8,10,12-13,18H2. The van der Waals surface area contributed by atoms with Crippen molar-refractivity contribution in [3.05, 3.63) is 54.0 Å². The molecule has 1 saturated carbocycles. The number of rotatable bonds is 8. The molecule has 1 aliphatic carbocycles. The van der Waals surface area contributed by atoms with Gasteiger partial charge in [-0.05, 0) is 42.7 Å². The Balaban J connectivity index is 1.50. The van der Waals surface area contributed by atoms with Gasteiger partial charge in [-0.15, -0.1) is 0 Å². The lowest BCUT2D eigenvalue weighted by Crippen LogP contribution is -2.30. The zero-order valence-electron chi connectivity index (χ0n) is 12.2. The fraction of sp³-hybridized carbons (Fsp3) is 0.412. The van der Waals surface area contributed by atoms with Crippen molar-refractivity contribution in [2.45, 2.75) is 32.0 Å². The van der Waals surface area contributed by atoms with Crippen LogP contribution in [0.1, 0.15) is 24.2 Å². The molecular formula is C17H22N2O2. The second-order valence-corrected chi connectivity index (χ2v) is 5.48. The fourth-order valence-electron chi connectivity index (χ4n) is 2.48. The first-order chi connectivity index (χ1) is 10.3. The molecule has 1 aliphatic rings. The highest BCUT2D eigenvalue weighted by atomic mass is 16.5. The Morgan fingerprint density at radius 1 is 1.24 bits per heavy atom. The van der Waals surface area contributed by atoms with E-state index in [1.165, 1.54) is 12.8 Å². The molecule has 3 rings (SSSR count). The quantitative estimate of drug-likeness (QED) is 0.810. The van der Waals surface area contributed by atoms with Crippen LogP contribution in [0.25, 0.3) is 0 Å². The maximum atomic E-state index is 5.85. The number of benzene rings is 1. The van der Waals surface area contributed by atoms with Crippen molar-refractivity contribution in [1.82, 2.24) is 4.90 Å². The third-order valence-electron chi connectivity index (χ3n) is 3.78. The first kappa shape index (κ1) is 14.2. The summed E-state index contributed by atoms with van der Waals surface area (Å²) >= 11 is 0. The molecule has 0 amide bonds.